The van der Waals surface area contributed by atoms with Crippen molar-refractivity contribution in [2.24, 2.45) is 10.7 Å². The Morgan fingerprint density at radius 3 is 2.54 bits per heavy atom. The Kier molecular flexibility index (Phi) is 10.5. The normalized spacial score (nSPS) is 11.0. The highest BCUT2D eigenvalue weighted by Crippen LogP contribution is 2.14. The van der Waals surface area contributed by atoms with Crippen LogP contribution in [0.5, 0.6) is 0 Å². The number of rotatable bonds is 8. The minimum Gasteiger partial charge on any atom is -0.370 e. The van der Waals surface area contributed by atoms with Crippen LogP contribution in [0.1, 0.15) is 11.1 Å². The lowest BCUT2D eigenvalue weighted by Gasteiger charge is -2.06. The van der Waals surface area contributed by atoms with Gasteiger partial charge in [0, 0.05) is 18.1 Å². The maximum absolute atomic E-state index is 13.4. The van der Waals surface area contributed by atoms with Crippen LogP contribution in [0.2, 0.25) is 0 Å². The lowest BCUT2D eigenvalue weighted by molar-refractivity contribution is 0.617. The average molecular weight is 459 g/mol. The van der Waals surface area contributed by atoms with Crippen molar-refractivity contribution < 1.29 is 4.39 Å². The van der Waals surface area contributed by atoms with Crippen LogP contribution >= 0.6 is 35.7 Å². The fourth-order valence-corrected chi connectivity index (χ4v) is 2.88. The van der Waals surface area contributed by atoms with Gasteiger partial charge in [-0.3, -0.25) is 4.99 Å². The van der Waals surface area contributed by atoms with Gasteiger partial charge in [-0.2, -0.15) is 11.8 Å². The Bertz CT molecular complexity index is 623. The predicted molar refractivity (Wildman–Crippen MR) is 113 cm³/mol. The molecule has 24 heavy (non-hydrogen) atoms. The number of hydrogen-bond acceptors (Lipinski definition) is 2. The van der Waals surface area contributed by atoms with Gasteiger partial charge in [-0.25, -0.2) is 4.39 Å². The summed E-state index contributed by atoms with van der Waals surface area (Å²) in [6.07, 6.45) is 0.916. The number of guanidine groups is 1. The van der Waals surface area contributed by atoms with Gasteiger partial charge in [0.15, 0.2) is 5.96 Å². The van der Waals surface area contributed by atoms with E-state index in [0.29, 0.717) is 18.3 Å². The first-order chi connectivity index (χ1) is 11.3. The summed E-state index contributed by atoms with van der Waals surface area (Å²) in [6, 6.07) is 17.1. The Morgan fingerprint density at radius 2 is 1.79 bits per heavy atom. The number of aliphatic imine (C=N–C) groups is 1. The van der Waals surface area contributed by atoms with Gasteiger partial charge in [-0.05, 0) is 23.6 Å². The molecule has 3 N–H and O–H groups in total. The summed E-state index contributed by atoms with van der Waals surface area (Å²) >= 11 is 1.65. The van der Waals surface area contributed by atoms with Crippen molar-refractivity contribution in [2.45, 2.75) is 12.2 Å². The number of thioether (sulfide) groups is 1. The van der Waals surface area contributed by atoms with Crippen molar-refractivity contribution in [3.8, 4) is 0 Å². The number of hydrogen-bond donors (Lipinski definition) is 2. The second-order valence-corrected chi connectivity index (χ2v) is 6.18. The summed E-state index contributed by atoms with van der Waals surface area (Å²) in [7, 11) is 0. The molecule has 0 unspecified atom stereocenters. The third-order valence-corrected chi connectivity index (χ3v) is 4.28. The number of benzene rings is 2. The first kappa shape index (κ1) is 20.8. The summed E-state index contributed by atoms with van der Waals surface area (Å²) in [4.78, 5) is 4.28. The summed E-state index contributed by atoms with van der Waals surface area (Å²) in [5.41, 5.74) is 7.83. The van der Waals surface area contributed by atoms with Gasteiger partial charge in [0.05, 0.1) is 6.54 Å². The van der Waals surface area contributed by atoms with Crippen molar-refractivity contribution >= 4 is 41.7 Å². The van der Waals surface area contributed by atoms with Crippen LogP contribution in [-0.4, -0.2) is 24.8 Å². The molecular weight excluding hydrogens is 436 g/mol. The monoisotopic (exact) mass is 459 g/mol. The summed E-state index contributed by atoms with van der Waals surface area (Å²) in [6.45, 7) is 1.39. The molecule has 0 aromatic heterocycles. The van der Waals surface area contributed by atoms with E-state index >= 15 is 0 Å². The molecule has 2 aromatic carbocycles. The molecule has 0 saturated heterocycles. The minimum atomic E-state index is -0.148. The minimum absolute atomic E-state index is 0. The van der Waals surface area contributed by atoms with Crippen molar-refractivity contribution in [2.75, 3.05) is 18.8 Å². The molecule has 0 aliphatic rings. The molecule has 0 aliphatic heterocycles. The van der Waals surface area contributed by atoms with E-state index in [0.717, 1.165) is 24.3 Å². The number of halogens is 2. The van der Waals surface area contributed by atoms with Gasteiger partial charge in [-0.1, -0.05) is 48.5 Å². The van der Waals surface area contributed by atoms with Crippen LogP contribution < -0.4 is 11.1 Å². The van der Waals surface area contributed by atoms with Crippen molar-refractivity contribution in [3.05, 3.63) is 71.5 Å². The lowest BCUT2D eigenvalue weighted by atomic mass is 10.1. The maximum Gasteiger partial charge on any atom is 0.188 e. The Labute approximate surface area is 164 Å². The second-order valence-electron chi connectivity index (χ2n) is 5.07. The van der Waals surface area contributed by atoms with Crippen LogP contribution in [0.15, 0.2) is 59.6 Å². The first-order valence-corrected chi connectivity index (χ1v) is 8.80. The first-order valence-electron chi connectivity index (χ1n) is 7.64. The van der Waals surface area contributed by atoms with Crippen molar-refractivity contribution in [1.29, 1.82) is 0 Å². The van der Waals surface area contributed by atoms with Gasteiger partial charge < -0.3 is 11.1 Å². The fourth-order valence-electron chi connectivity index (χ4n) is 2.06. The van der Waals surface area contributed by atoms with Gasteiger partial charge in [0.1, 0.15) is 5.82 Å². The van der Waals surface area contributed by atoms with E-state index in [1.54, 1.807) is 17.8 Å². The molecule has 3 nitrogen and oxygen atoms in total. The van der Waals surface area contributed by atoms with Gasteiger partial charge >= 0.3 is 0 Å². The molecule has 0 radical (unpaired) electrons. The van der Waals surface area contributed by atoms with E-state index < -0.39 is 0 Å². The zero-order chi connectivity index (χ0) is 16.3. The lowest BCUT2D eigenvalue weighted by Crippen LogP contribution is -2.33. The third kappa shape index (κ3) is 8.01. The van der Waals surface area contributed by atoms with E-state index in [-0.39, 0.29) is 29.8 Å². The molecule has 0 heterocycles. The van der Waals surface area contributed by atoms with E-state index in [1.807, 2.05) is 30.3 Å². The molecule has 0 bridgehead atoms. The van der Waals surface area contributed by atoms with Gasteiger partial charge in [0.25, 0.3) is 0 Å². The van der Waals surface area contributed by atoms with Crippen molar-refractivity contribution in [3.63, 3.8) is 0 Å². The smallest absolute Gasteiger partial charge is 0.188 e. The SMILES string of the molecule is I.NC(=NCCSCc1ccccc1F)NCCc1ccccc1. The van der Waals surface area contributed by atoms with E-state index in [1.165, 1.54) is 11.6 Å². The molecule has 0 aliphatic carbocycles. The molecule has 0 amide bonds. The van der Waals surface area contributed by atoms with Crippen LogP contribution in [0.3, 0.4) is 0 Å². The van der Waals surface area contributed by atoms with Crippen LogP contribution in [-0.2, 0) is 12.2 Å². The topological polar surface area (TPSA) is 50.4 Å². The quantitative estimate of drug-likeness (QED) is 0.273. The van der Waals surface area contributed by atoms with Crippen molar-refractivity contribution in [1.82, 2.24) is 5.32 Å². The fraction of sp³-hybridized carbons (Fsp3) is 0.278. The zero-order valence-electron chi connectivity index (χ0n) is 13.5. The van der Waals surface area contributed by atoms with E-state index in [9.17, 15) is 4.39 Å². The molecule has 0 fully saturated rings. The predicted octanol–water partition coefficient (Wildman–Crippen LogP) is 3.82. The maximum atomic E-state index is 13.4. The molecule has 0 atom stereocenters. The van der Waals surface area contributed by atoms with Crippen LogP contribution in [0.4, 0.5) is 4.39 Å². The van der Waals surface area contributed by atoms with E-state index in [4.69, 9.17) is 5.73 Å². The highest BCUT2D eigenvalue weighted by Gasteiger charge is 2.00. The molecular formula is C18H23FIN3S. The molecule has 0 spiro atoms. The molecule has 6 heteroatoms. The Hall–Kier alpha value is -1.28. The molecule has 130 valence electrons. The van der Waals surface area contributed by atoms with Gasteiger partial charge in [0.2, 0.25) is 0 Å². The zero-order valence-corrected chi connectivity index (χ0v) is 16.6. The standard InChI is InChI=1S/C18H22FN3S.HI/c19-17-9-5-4-8-16(17)14-23-13-12-22-18(20)21-11-10-15-6-2-1-3-7-15;/h1-9H,10-14H2,(H3,20,21,22);1H. The number of nitrogens with one attached hydrogen (secondary N) is 1. The third-order valence-electron chi connectivity index (χ3n) is 3.30. The molecule has 0 saturated carbocycles. The molecule has 2 aromatic rings. The summed E-state index contributed by atoms with van der Waals surface area (Å²) in [5, 5.41) is 3.11. The Morgan fingerprint density at radius 1 is 1.08 bits per heavy atom. The average Bonchev–Trinajstić information content (AvgIpc) is 2.57. The van der Waals surface area contributed by atoms with Crippen LogP contribution in [0.25, 0.3) is 0 Å². The van der Waals surface area contributed by atoms with E-state index in [2.05, 4.69) is 22.4 Å². The highest BCUT2D eigenvalue weighted by atomic mass is 127. The second kappa shape index (κ2) is 12.1. The summed E-state index contributed by atoms with van der Waals surface area (Å²) < 4.78 is 13.4. The largest absolute Gasteiger partial charge is 0.370 e. The van der Waals surface area contributed by atoms with Crippen LogP contribution in [0, 0.1) is 5.82 Å². The number of nitrogens with two attached hydrogens (primary N) is 1. The highest BCUT2D eigenvalue weighted by molar-refractivity contribution is 14.0. The number of nitrogens with zero attached hydrogens (tertiary/aromatic N) is 1. The Balaban J connectivity index is 0.00000288. The molecule has 2 rings (SSSR count). The summed E-state index contributed by atoms with van der Waals surface area (Å²) in [5.74, 6) is 1.79. The van der Waals surface area contributed by atoms with Gasteiger partial charge in [-0.15, -0.1) is 24.0 Å².